The summed E-state index contributed by atoms with van der Waals surface area (Å²) in [6, 6.07) is 6.19. The Labute approximate surface area is 125 Å². The lowest BCUT2D eigenvalue weighted by atomic mass is 10.3. The monoisotopic (exact) mass is 302 g/mol. The van der Waals surface area contributed by atoms with Crippen LogP contribution in [-0.2, 0) is 0 Å². The molecule has 0 aliphatic carbocycles. The maximum absolute atomic E-state index is 5.33. The van der Waals surface area contributed by atoms with Gasteiger partial charge in [0.05, 0.1) is 22.3 Å². The molecule has 2 heterocycles. The van der Waals surface area contributed by atoms with Gasteiger partial charge in [0, 0.05) is 12.7 Å². The molecule has 0 unspecified atom stereocenters. The average molecular weight is 302 g/mol. The van der Waals surface area contributed by atoms with E-state index in [0.29, 0.717) is 24.5 Å². The van der Waals surface area contributed by atoms with Gasteiger partial charge in [-0.3, -0.25) is 0 Å². The Kier molecular flexibility index (Phi) is 3.78. The lowest BCUT2D eigenvalue weighted by Crippen LogP contribution is -2.06. The lowest BCUT2D eigenvalue weighted by molar-refractivity contribution is 0.312. The van der Waals surface area contributed by atoms with E-state index in [-0.39, 0.29) is 0 Å². The highest BCUT2D eigenvalue weighted by atomic mass is 32.1. The molecule has 0 amide bonds. The highest BCUT2D eigenvalue weighted by Gasteiger charge is 2.07. The first-order valence-corrected chi connectivity index (χ1v) is 7.33. The third kappa shape index (κ3) is 3.00. The zero-order chi connectivity index (χ0) is 14.7. The normalized spacial score (nSPS) is 10.6. The number of hydrogen-bond acceptors (Lipinski definition) is 8. The summed E-state index contributed by atoms with van der Waals surface area (Å²) in [6.07, 6.45) is 0. The van der Waals surface area contributed by atoms with Crippen molar-refractivity contribution in [2.24, 2.45) is 0 Å². The quantitative estimate of drug-likeness (QED) is 0.749. The van der Waals surface area contributed by atoms with E-state index in [1.165, 1.54) is 0 Å². The van der Waals surface area contributed by atoms with E-state index in [1.807, 2.05) is 30.6 Å². The molecule has 0 saturated carbocycles. The van der Waals surface area contributed by atoms with Crippen molar-refractivity contribution in [1.29, 1.82) is 0 Å². The molecule has 0 aliphatic rings. The molecule has 1 aromatic carbocycles. The first-order chi connectivity index (χ1) is 10.3. The Balaban J connectivity index is 1.90. The summed E-state index contributed by atoms with van der Waals surface area (Å²) in [7, 11) is 1.75. The molecule has 0 saturated heterocycles. The van der Waals surface area contributed by atoms with Crippen LogP contribution in [0.3, 0.4) is 0 Å². The zero-order valence-corrected chi connectivity index (χ0v) is 12.4. The summed E-state index contributed by atoms with van der Waals surface area (Å²) < 4.78 is 6.44. The van der Waals surface area contributed by atoms with Crippen molar-refractivity contribution in [3.63, 3.8) is 0 Å². The molecular weight excluding hydrogens is 288 g/mol. The predicted octanol–water partition coefficient (Wildman–Crippen LogP) is 2.67. The largest absolute Gasteiger partial charge is 0.464 e. The molecular formula is C13H14N6OS. The van der Waals surface area contributed by atoms with Crippen molar-refractivity contribution in [3.8, 4) is 6.01 Å². The first-order valence-electron chi connectivity index (χ1n) is 6.45. The number of hydrogen-bond donors (Lipinski definition) is 2. The van der Waals surface area contributed by atoms with Gasteiger partial charge >= 0.3 is 6.01 Å². The summed E-state index contributed by atoms with van der Waals surface area (Å²) in [4.78, 5) is 16.9. The second-order valence-corrected chi connectivity index (χ2v) is 4.99. The van der Waals surface area contributed by atoms with Gasteiger partial charge in [-0.05, 0) is 25.1 Å². The van der Waals surface area contributed by atoms with Crippen molar-refractivity contribution < 1.29 is 4.74 Å². The van der Waals surface area contributed by atoms with Gasteiger partial charge in [-0.15, -0.1) is 11.3 Å². The number of anilines is 3. The third-order valence-electron chi connectivity index (χ3n) is 2.70. The fraction of sp³-hybridized carbons (Fsp3) is 0.231. The van der Waals surface area contributed by atoms with Crippen molar-refractivity contribution in [2.45, 2.75) is 6.92 Å². The number of nitrogens with one attached hydrogen (secondary N) is 2. The minimum Gasteiger partial charge on any atom is -0.464 e. The van der Waals surface area contributed by atoms with Gasteiger partial charge in [-0.2, -0.15) is 15.0 Å². The molecule has 2 N–H and O–H groups in total. The van der Waals surface area contributed by atoms with Gasteiger partial charge in [0.2, 0.25) is 11.9 Å². The molecule has 0 spiro atoms. The summed E-state index contributed by atoms with van der Waals surface area (Å²) in [5, 5.41) is 6.04. The Morgan fingerprint density at radius 3 is 2.86 bits per heavy atom. The smallest absolute Gasteiger partial charge is 0.323 e. The summed E-state index contributed by atoms with van der Waals surface area (Å²) in [5.41, 5.74) is 3.69. The molecule has 3 aromatic rings. The fourth-order valence-electron chi connectivity index (χ4n) is 1.78. The van der Waals surface area contributed by atoms with Crippen LogP contribution in [0.4, 0.5) is 17.6 Å². The number of thiazole rings is 1. The molecule has 7 nitrogen and oxygen atoms in total. The van der Waals surface area contributed by atoms with Crippen LogP contribution < -0.4 is 15.4 Å². The predicted molar refractivity (Wildman–Crippen MR) is 83.4 cm³/mol. The van der Waals surface area contributed by atoms with Crippen molar-refractivity contribution in [1.82, 2.24) is 19.9 Å². The molecule has 2 aromatic heterocycles. The second kappa shape index (κ2) is 5.88. The van der Waals surface area contributed by atoms with Gasteiger partial charge in [0.15, 0.2) is 0 Å². The van der Waals surface area contributed by atoms with Gasteiger partial charge in [0.1, 0.15) is 0 Å². The third-order valence-corrected chi connectivity index (χ3v) is 3.49. The van der Waals surface area contributed by atoms with E-state index >= 15 is 0 Å². The summed E-state index contributed by atoms with van der Waals surface area (Å²) >= 11 is 1.59. The molecule has 0 aliphatic heterocycles. The van der Waals surface area contributed by atoms with E-state index in [0.717, 1.165) is 15.9 Å². The van der Waals surface area contributed by atoms with Crippen molar-refractivity contribution in [2.75, 3.05) is 24.3 Å². The van der Waals surface area contributed by atoms with Crippen LogP contribution in [-0.4, -0.2) is 33.6 Å². The molecule has 108 valence electrons. The minimum absolute atomic E-state index is 0.290. The van der Waals surface area contributed by atoms with Crippen LogP contribution in [0.2, 0.25) is 0 Å². The van der Waals surface area contributed by atoms with Crippen LogP contribution in [0.1, 0.15) is 6.92 Å². The summed E-state index contributed by atoms with van der Waals surface area (Å²) in [6.45, 7) is 2.38. The van der Waals surface area contributed by atoms with Crippen LogP contribution in [0.5, 0.6) is 6.01 Å². The highest BCUT2D eigenvalue weighted by molar-refractivity contribution is 7.16. The fourth-order valence-corrected chi connectivity index (χ4v) is 2.50. The molecule has 0 atom stereocenters. The summed E-state index contributed by atoms with van der Waals surface area (Å²) in [5.74, 6) is 0.886. The number of fused-ring (bicyclic) bond motifs is 1. The number of benzene rings is 1. The van der Waals surface area contributed by atoms with Gasteiger partial charge in [0.25, 0.3) is 0 Å². The Bertz CT molecular complexity index is 759. The molecule has 0 bridgehead atoms. The number of ether oxygens (including phenoxy) is 1. The van der Waals surface area contributed by atoms with Crippen LogP contribution >= 0.6 is 11.3 Å². The first kappa shape index (κ1) is 13.5. The SMILES string of the molecule is CCOc1nc(NC)nc(Nc2ccc3ncsc3c2)n1. The standard InChI is InChI=1S/C13H14N6OS/c1-3-20-13-18-11(14-2)17-12(19-13)16-8-4-5-9-10(6-8)21-7-15-9/h4-7H,3H2,1-2H3,(H2,14,16,17,18,19). The maximum atomic E-state index is 5.33. The Hall–Kier alpha value is -2.48. The van der Waals surface area contributed by atoms with Crippen molar-refractivity contribution in [3.05, 3.63) is 23.7 Å². The molecule has 0 radical (unpaired) electrons. The molecule has 8 heteroatoms. The zero-order valence-electron chi connectivity index (χ0n) is 11.6. The van der Waals surface area contributed by atoms with Crippen LogP contribution in [0, 0.1) is 0 Å². The van der Waals surface area contributed by atoms with E-state index in [2.05, 4.69) is 30.6 Å². The highest BCUT2D eigenvalue weighted by Crippen LogP contribution is 2.24. The Morgan fingerprint density at radius 2 is 2.05 bits per heavy atom. The number of aromatic nitrogens is 4. The second-order valence-electron chi connectivity index (χ2n) is 4.11. The van der Waals surface area contributed by atoms with Crippen LogP contribution in [0.15, 0.2) is 23.7 Å². The van der Waals surface area contributed by atoms with E-state index < -0.39 is 0 Å². The van der Waals surface area contributed by atoms with E-state index in [9.17, 15) is 0 Å². The number of nitrogens with zero attached hydrogens (tertiary/aromatic N) is 4. The van der Waals surface area contributed by atoms with E-state index in [1.54, 1.807) is 18.4 Å². The topological polar surface area (TPSA) is 84.9 Å². The molecule has 0 fully saturated rings. The number of rotatable bonds is 5. The molecule has 21 heavy (non-hydrogen) atoms. The average Bonchev–Trinajstić information content (AvgIpc) is 2.95. The van der Waals surface area contributed by atoms with Gasteiger partial charge in [-0.1, -0.05) is 0 Å². The maximum Gasteiger partial charge on any atom is 0.323 e. The van der Waals surface area contributed by atoms with Gasteiger partial charge < -0.3 is 15.4 Å². The van der Waals surface area contributed by atoms with Gasteiger partial charge in [-0.25, -0.2) is 4.98 Å². The Morgan fingerprint density at radius 1 is 1.19 bits per heavy atom. The minimum atomic E-state index is 0.290. The van der Waals surface area contributed by atoms with E-state index in [4.69, 9.17) is 4.74 Å². The lowest BCUT2D eigenvalue weighted by Gasteiger charge is -2.08. The molecule has 3 rings (SSSR count). The van der Waals surface area contributed by atoms with Crippen LogP contribution in [0.25, 0.3) is 10.2 Å². The van der Waals surface area contributed by atoms with Crippen molar-refractivity contribution >= 4 is 39.1 Å².